The predicted octanol–water partition coefficient (Wildman–Crippen LogP) is 1.35. The largest absolute Gasteiger partial charge is 0.459 e. The van der Waals surface area contributed by atoms with Crippen molar-refractivity contribution in [1.29, 1.82) is 0 Å². The molecular weight excluding hydrogens is 358 g/mol. The first-order chi connectivity index (χ1) is 12.0. The molecule has 0 aliphatic carbocycles. The first kappa shape index (κ1) is 20.4. The Hall–Kier alpha value is -1.87. The van der Waals surface area contributed by atoms with Gasteiger partial charge in [-0.3, -0.25) is 4.79 Å². The van der Waals surface area contributed by atoms with Gasteiger partial charge in [0.2, 0.25) is 10.0 Å². The van der Waals surface area contributed by atoms with E-state index in [1.54, 1.807) is 27.7 Å². The van der Waals surface area contributed by atoms with Gasteiger partial charge in [-0.2, -0.15) is 0 Å². The number of carbonyl (C=O) groups is 2. The molecule has 146 valence electrons. The van der Waals surface area contributed by atoms with Crippen molar-refractivity contribution < 1.29 is 22.7 Å². The molecule has 8 nitrogen and oxygen atoms in total. The Labute approximate surface area is 154 Å². The summed E-state index contributed by atoms with van der Waals surface area (Å²) in [6.45, 7) is 7.75. The van der Waals surface area contributed by atoms with Crippen LogP contribution in [0.25, 0.3) is 0 Å². The van der Waals surface area contributed by atoms with Crippen LogP contribution in [0, 0.1) is 13.8 Å². The number of rotatable bonds is 5. The number of hydrogen-bond acceptors (Lipinski definition) is 5. The number of nitrogens with one attached hydrogen (secondary N) is 2. The third kappa shape index (κ3) is 4.64. The van der Waals surface area contributed by atoms with Crippen LogP contribution in [0.5, 0.6) is 0 Å². The second-order valence-corrected chi connectivity index (χ2v) is 8.97. The number of sulfonamides is 1. The van der Waals surface area contributed by atoms with Crippen LogP contribution >= 0.6 is 0 Å². The molecule has 1 fully saturated rings. The molecule has 9 heteroatoms. The fraction of sp³-hybridized carbons (Fsp3) is 0.647. The molecule has 0 spiro atoms. The normalized spacial score (nSPS) is 16.7. The van der Waals surface area contributed by atoms with Gasteiger partial charge in [0, 0.05) is 24.8 Å². The second kappa shape index (κ2) is 7.79. The first-order valence-electron chi connectivity index (χ1n) is 8.66. The van der Waals surface area contributed by atoms with E-state index in [9.17, 15) is 18.0 Å². The van der Waals surface area contributed by atoms with E-state index in [0.717, 1.165) is 0 Å². The Kier molecular flexibility index (Phi) is 6.13. The molecule has 0 saturated carbocycles. The summed E-state index contributed by atoms with van der Waals surface area (Å²) in [5, 5.41) is 2.92. The zero-order valence-corrected chi connectivity index (χ0v) is 16.7. The lowest BCUT2D eigenvalue weighted by Crippen LogP contribution is -2.46. The number of ether oxygens (including phenoxy) is 1. The van der Waals surface area contributed by atoms with Crippen LogP contribution < -0.4 is 5.32 Å². The van der Waals surface area contributed by atoms with Gasteiger partial charge in [-0.15, -0.1) is 0 Å². The molecule has 0 atom stereocenters. The van der Waals surface area contributed by atoms with Crippen LogP contribution in [0.2, 0.25) is 0 Å². The second-order valence-electron chi connectivity index (χ2n) is 6.99. The Balaban J connectivity index is 2.06. The van der Waals surface area contributed by atoms with Crippen LogP contribution in [0.3, 0.4) is 0 Å². The minimum atomic E-state index is -3.20. The topological polar surface area (TPSA) is 109 Å². The smallest absolute Gasteiger partial charge is 0.340 e. The van der Waals surface area contributed by atoms with Crippen LogP contribution in [-0.2, 0) is 14.8 Å². The summed E-state index contributed by atoms with van der Waals surface area (Å²) >= 11 is 0. The number of nitrogens with zero attached hydrogens (tertiary/aromatic N) is 1. The number of aryl methyl sites for hydroxylation is 1. The standard InChI is InChI=1S/C17H27N3O5S/c1-10(2)25-17(22)14-11(3)15(18-12(14)4)16(21)19-13-6-8-20(9-7-13)26(5,23)24/h10,13,18H,6-9H2,1-5H3,(H,19,21). The highest BCUT2D eigenvalue weighted by atomic mass is 32.2. The van der Waals surface area contributed by atoms with Crippen molar-refractivity contribution in [3.05, 3.63) is 22.5 Å². The number of hydrogen-bond donors (Lipinski definition) is 2. The van der Waals surface area contributed by atoms with Gasteiger partial charge < -0.3 is 15.0 Å². The molecule has 2 rings (SSSR count). The van der Waals surface area contributed by atoms with Crippen LogP contribution in [0.4, 0.5) is 0 Å². The summed E-state index contributed by atoms with van der Waals surface area (Å²) in [7, 11) is -3.20. The van der Waals surface area contributed by atoms with Gasteiger partial charge in [0.25, 0.3) is 5.91 Å². The number of piperidine rings is 1. The summed E-state index contributed by atoms with van der Waals surface area (Å²) < 4.78 is 29.8. The molecule has 2 N–H and O–H groups in total. The highest BCUT2D eigenvalue weighted by Crippen LogP contribution is 2.20. The fourth-order valence-electron chi connectivity index (χ4n) is 3.15. The maximum Gasteiger partial charge on any atom is 0.340 e. The van der Waals surface area contributed by atoms with E-state index in [2.05, 4.69) is 10.3 Å². The minimum absolute atomic E-state index is 0.102. The Morgan fingerprint density at radius 3 is 2.31 bits per heavy atom. The minimum Gasteiger partial charge on any atom is -0.459 e. The van der Waals surface area contributed by atoms with Gasteiger partial charge in [0.1, 0.15) is 5.69 Å². The zero-order valence-electron chi connectivity index (χ0n) is 15.9. The number of H-pyrrole nitrogens is 1. The SMILES string of the molecule is Cc1[nH]c(C(=O)NC2CCN(S(C)(=O)=O)CC2)c(C)c1C(=O)OC(C)C. The lowest BCUT2D eigenvalue weighted by Gasteiger charge is -2.30. The Morgan fingerprint density at radius 2 is 1.81 bits per heavy atom. The fourth-order valence-corrected chi connectivity index (χ4v) is 4.02. The van der Waals surface area contributed by atoms with E-state index in [1.807, 2.05) is 0 Å². The van der Waals surface area contributed by atoms with Crippen molar-refractivity contribution >= 4 is 21.9 Å². The number of carbonyl (C=O) groups excluding carboxylic acids is 2. The first-order valence-corrected chi connectivity index (χ1v) is 10.5. The Bertz CT molecular complexity index is 790. The quantitative estimate of drug-likeness (QED) is 0.744. The lowest BCUT2D eigenvalue weighted by atomic mass is 10.1. The third-order valence-corrected chi connectivity index (χ3v) is 5.77. The van der Waals surface area contributed by atoms with Gasteiger partial charge in [-0.05, 0) is 46.1 Å². The van der Waals surface area contributed by atoms with E-state index in [0.29, 0.717) is 48.4 Å². The van der Waals surface area contributed by atoms with Crippen LogP contribution in [0.1, 0.15) is 58.8 Å². The third-order valence-electron chi connectivity index (χ3n) is 4.47. The molecule has 0 unspecified atom stereocenters. The summed E-state index contributed by atoms with van der Waals surface area (Å²) in [5.74, 6) is -0.751. The summed E-state index contributed by atoms with van der Waals surface area (Å²) in [4.78, 5) is 27.8. The molecule has 0 bridgehead atoms. The van der Waals surface area contributed by atoms with Crippen molar-refractivity contribution in [3.8, 4) is 0 Å². The van der Waals surface area contributed by atoms with Gasteiger partial charge in [-0.25, -0.2) is 17.5 Å². The van der Waals surface area contributed by atoms with E-state index in [-0.39, 0.29) is 18.1 Å². The molecule has 1 saturated heterocycles. The van der Waals surface area contributed by atoms with E-state index < -0.39 is 16.0 Å². The lowest BCUT2D eigenvalue weighted by molar-refractivity contribution is 0.0376. The van der Waals surface area contributed by atoms with Crippen LogP contribution in [-0.4, -0.2) is 61.1 Å². The summed E-state index contributed by atoms with van der Waals surface area (Å²) in [6, 6.07) is -0.102. The van der Waals surface area contributed by atoms with E-state index >= 15 is 0 Å². The molecule has 0 aromatic carbocycles. The molecule has 1 aliphatic heterocycles. The maximum atomic E-state index is 12.6. The van der Waals surface area contributed by atoms with Crippen molar-refractivity contribution in [2.45, 2.75) is 52.7 Å². The highest BCUT2D eigenvalue weighted by molar-refractivity contribution is 7.88. The Morgan fingerprint density at radius 1 is 1.23 bits per heavy atom. The summed E-state index contributed by atoms with van der Waals surface area (Å²) in [5.41, 5.74) is 1.86. The molecule has 2 heterocycles. The molecule has 1 aliphatic rings. The van der Waals surface area contributed by atoms with Crippen molar-refractivity contribution in [2.75, 3.05) is 19.3 Å². The monoisotopic (exact) mass is 385 g/mol. The van der Waals surface area contributed by atoms with Crippen molar-refractivity contribution in [3.63, 3.8) is 0 Å². The molecule has 26 heavy (non-hydrogen) atoms. The van der Waals surface area contributed by atoms with Gasteiger partial charge >= 0.3 is 5.97 Å². The van der Waals surface area contributed by atoms with Crippen LogP contribution in [0.15, 0.2) is 0 Å². The number of esters is 1. The molecular formula is C17H27N3O5S. The molecule has 1 aromatic rings. The average molecular weight is 385 g/mol. The van der Waals surface area contributed by atoms with Crippen molar-refractivity contribution in [2.24, 2.45) is 0 Å². The zero-order chi connectivity index (χ0) is 19.6. The number of aromatic amines is 1. The average Bonchev–Trinajstić information content (AvgIpc) is 2.81. The maximum absolute atomic E-state index is 12.6. The number of aromatic nitrogens is 1. The van der Waals surface area contributed by atoms with Gasteiger partial charge in [-0.1, -0.05) is 0 Å². The van der Waals surface area contributed by atoms with Gasteiger partial charge in [0.15, 0.2) is 0 Å². The van der Waals surface area contributed by atoms with Crippen molar-refractivity contribution in [1.82, 2.24) is 14.6 Å². The molecule has 0 radical (unpaired) electrons. The van der Waals surface area contributed by atoms with E-state index in [1.165, 1.54) is 10.6 Å². The van der Waals surface area contributed by atoms with E-state index in [4.69, 9.17) is 4.74 Å². The molecule has 1 amide bonds. The summed E-state index contributed by atoms with van der Waals surface area (Å²) in [6.07, 6.45) is 2.06. The van der Waals surface area contributed by atoms with Gasteiger partial charge in [0.05, 0.1) is 17.9 Å². The number of amides is 1. The highest BCUT2D eigenvalue weighted by Gasteiger charge is 2.28. The molecule has 1 aromatic heterocycles. The predicted molar refractivity (Wildman–Crippen MR) is 97.7 cm³/mol.